The van der Waals surface area contributed by atoms with Crippen LogP contribution in [0.2, 0.25) is 0 Å². The second-order valence-corrected chi connectivity index (χ2v) is 8.40. The summed E-state index contributed by atoms with van der Waals surface area (Å²) in [6.45, 7) is 4.90. The molecule has 0 spiro atoms. The Bertz CT molecular complexity index is 923. The molecule has 1 aromatic heterocycles. The van der Waals surface area contributed by atoms with Crippen molar-refractivity contribution in [3.8, 4) is 5.75 Å². The molecule has 3 aromatic rings. The molecule has 1 aliphatic carbocycles. The van der Waals surface area contributed by atoms with Gasteiger partial charge in [-0.25, -0.2) is 0 Å². The Hall–Kier alpha value is -1.93. The lowest BCUT2D eigenvalue weighted by molar-refractivity contribution is 0.303. The SMILES string of the molecule is CCc1c(OCc2ccccc2)ccc2oc(C(Cl)C3CCCCC3)c(C)c12. The highest BCUT2D eigenvalue weighted by Gasteiger charge is 2.29. The summed E-state index contributed by atoms with van der Waals surface area (Å²) in [6, 6.07) is 14.4. The highest BCUT2D eigenvalue weighted by Crippen LogP contribution is 2.44. The number of aryl methyl sites for hydroxylation is 2. The van der Waals surface area contributed by atoms with Crippen LogP contribution in [0.3, 0.4) is 0 Å². The normalized spacial score (nSPS) is 16.4. The Morgan fingerprint density at radius 3 is 2.54 bits per heavy atom. The van der Waals surface area contributed by atoms with E-state index < -0.39 is 0 Å². The van der Waals surface area contributed by atoms with E-state index in [1.807, 2.05) is 30.3 Å². The van der Waals surface area contributed by atoms with Gasteiger partial charge in [-0.05, 0) is 49.8 Å². The van der Waals surface area contributed by atoms with Gasteiger partial charge in [0.2, 0.25) is 0 Å². The van der Waals surface area contributed by atoms with Gasteiger partial charge in [0.15, 0.2) is 0 Å². The van der Waals surface area contributed by atoms with E-state index >= 15 is 0 Å². The summed E-state index contributed by atoms with van der Waals surface area (Å²) in [5, 5.41) is 1.15. The van der Waals surface area contributed by atoms with Crippen molar-refractivity contribution in [2.24, 2.45) is 5.92 Å². The standard InChI is InChI=1S/C25H29ClO2/c1-3-20-21(27-16-18-10-6-4-7-11-18)14-15-22-23(20)17(2)25(28-22)24(26)19-12-8-5-9-13-19/h4,6-7,10-11,14-15,19,24H,3,5,8-9,12-13,16H2,1-2H3. The van der Waals surface area contributed by atoms with E-state index in [0.29, 0.717) is 12.5 Å². The van der Waals surface area contributed by atoms with Gasteiger partial charge in [-0.3, -0.25) is 0 Å². The maximum absolute atomic E-state index is 6.91. The van der Waals surface area contributed by atoms with Crippen LogP contribution in [0.1, 0.15) is 66.9 Å². The average Bonchev–Trinajstić information content (AvgIpc) is 3.09. The molecule has 0 radical (unpaired) electrons. The highest BCUT2D eigenvalue weighted by molar-refractivity contribution is 6.21. The van der Waals surface area contributed by atoms with Crippen LogP contribution < -0.4 is 4.74 Å². The van der Waals surface area contributed by atoms with Gasteiger partial charge in [0, 0.05) is 16.5 Å². The van der Waals surface area contributed by atoms with Gasteiger partial charge in [-0.2, -0.15) is 0 Å². The summed E-state index contributed by atoms with van der Waals surface area (Å²) in [6.07, 6.45) is 7.21. The zero-order chi connectivity index (χ0) is 19.5. The molecule has 1 fully saturated rings. The molecule has 1 atom stereocenters. The number of fused-ring (bicyclic) bond motifs is 1. The topological polar surface area (TPSA) is 22.4 Å². The first-order valence-corrected chi connectivity index (χ1v) is 11.0. The van der Waals surface area contributed by atoms with Gasteiger partial charge < -0.3 is 9.15 Å². The number of rotatable bonds is 6. The summed E-state index contributed by atoms with van der Waals surface area (Å²) in [5.74, 6) is 2.42. The van der Waals surface area contributed by atoms with Gasteiger partial charge >= 0.3 is 0 Å². The maximum Gasteiger partial charge on any atom is 0.135 e. The molecule has 2 nitrogen and oxygen atoms in total. The fourth-order valence-electron chi connectivity index (χ4n) is 4.55. The second kappa shape index (κ2) is 8.61. The lowest BCUT2D eigenvalue weighted by Gasteiger charge is -2.25. The molecular weight excluding hydrogens is 368 g/mol. The third kappa shape index (κ3) is 3.80. The first kappa shape index (κ1) is 19.4. The molecule has 2 aromatic carbocycles. The largest absolute Gasteiger partial charge is 0.489 e. The third-order valence-corrected chi connectivity index (χ3v) is 6.66. The van der Waals surface area contributed by atoms with Crippen molar-refractivity contribution in [1.82, 2.24) is 0 Å². The van der Waals surface area contributed by atoms with E-state index in [9.17, 15) is 0 Å². The Labute approximate surface area is 172 Å². The summed E-state index contributed by atoms with van der Waals surface area (Å²) < 4.78 is 12.5. The van der Waals surface area contributed by atoms with Crippen molar-refractivity contribution < 1.29 is 9.15 Å². The maximum atomic E-state index is 6.91. The van der Waals surface area contributed by atoms with Crippen molar-refractivity contribution in [3.63, 3.8) is 0 Å². The van der Waals surface area contributed by atoms with Gasteiger partial charge in [0.1, 0.15) is 23.7 Å². The van der Waals surface area contributed by atoms with Gasteiger partial charge in [0.25, 0.3) is 0 Å². The minimum atomic E-state index is -0.0360. The van der Waals surface area contributed by atoms with Gasteiger partial charge in [-0.15, -0.1) is 11.6 Å². The minimum Gasteiger partial charge on any atom is -0.489 e. The van der Waals surface area contributed by atoms with Gasteiger partial charge in [0.05, 0.1) is 5.38 Å². The number of alkyl halides is 1. The van der Waals surface area contributed by atoms with E-state index in [4.69, 9.17) is 20.8 Å². The van der Waals surface area contributed by atoms with Crippen LogP contribution in [0, 0.1) is 12.8 Å². The molecule has 0 saturated heterocycles. The van der Waals surface area contributed by atoms with E-state index in [0.717, 1.165) is 23.5 Å². The van der Waals surface area contributed by atoms with Crippen LogP contribution in [0.4, 0.5) is 0 Å². The zero-order valence-electron chi connectivity index (χ0n) is 16.8. The van der Waals surface area contributed by atoms with E-state index in [1.54, 1.807) is 0 Å². The Morgan fingerprint density at radius 1 is 1.07 bits per heavy atom. The van der Waals surface area contributed by atoms with Crippen LogP contribution in [0.25, 0.3) is 11.0 Å². The number of hydrogen-bond acceptors (Lipinski definition) is 2. The Morgan fingerprint density at radius 2 is 1.82 bits per heavy atom. The number of hydrogen-bond donors (Lipinski definition) is 0. The first-order chi connectivity index (χ1) is 13.7. The summed E-state index contributed by atoms with van der Waals surface area (Å²) in [5.41, 5.74) is 4.50. The van der Waals surface area contributed by atoms with Crippen molar-refractivity contribution in [2.45, 2.75) is 64.4 Å². The van der Waals surface area contributed by atoms with Crippen molar-refractivity contribution in [1.29, 1.82) is 0 Å². The van der Waals surface area contributed by atoms with Crippen LogP contribution in [0.15, 0.2) is 46.9 Å². The number of benzene rings is 2. The highest BCUT2D eigenvalue weighted by atomic mass is 35.5. The molecule has 3 heteroatoms. The number of halogens is 1. The average molecular weight is 397 g/mol. The Balaban J connectivity index is 1.65. The molecule has 0 aliphatic heterocycles. The quantitative estimate of drug-likeness (QED) is 0.397. The van der Waals surface area contributed by atoms with Crippen LogP contribution in [-0.2, 0) is 13.0 Å². The first-order valence-electron chi connectivity index (χ1n) is 10.5. The van der Waals surface area contributed by atoms with Crippen LogP contribution in [-0.4, -0.2) is 0 Å². The van der Waals surface area contributed by atoms with E-state index in [1.165, 1.54) is 54.2 Å². The fourth-order valence-corrected chi connectivity index (χ4v) is 5.01. The molecule has 0 N–H and O–H groups in total. The lowest BCUT2D eigenvalue weighted by Crippen LogP contribution is -2.12. The summed E-state index contributed by atoms with van der Waals surface area (Å²) in [7, 11) is 0. The number of furan rings is 1. The predicted molar refractivity (Wildman–Crippen MR) is 116 cm³/mol. The molecule has 1 saturated carbocycles. The summed E-state index contributed by atoms with van der Waals surface area (Å²) >= 11 is 6.91. The molecule has 1 heterocycles. The number of ether oxygens (including phenoxy) is 1. The zero-order valence-corrected chi connectivity index (χ0v) is 17.6. The molecule has 4 rings (SSSR count). The van der Waals surface area contributed by atoms with Crippen molar-refractivity contribution >= 4 is 22.6 Å². The molecule has 0 bridgehead atoms. The third-order valence-electron chi connectivity index (χ3n) is 6.10. The molecule has 1 unspecified atom stereocenters. The van der Waals surface area contributed by atoms with Gasteiger partial charge in [-0.1, -0.05) is 56.5 Å². The predicted octanol–water partition coefficient (Wildman–Crippen LogP) is 7.74. The second-order valence-electron chi connectivity index (χ2n) is 7.93. The molecule has 148 valence electrons. The van der Waals surface area contributed by atoms with Crippen molar-refractivity contribution in [3.05, 3.63) is 64.9 Å². The Kier molecular flexibility index (Phi) is 5.96. The summed E-state index contributed by atoms with van der Waals surface area (Å²) in [4.78, 5) is 0. The monoisotopic (exact) mass is 396 g/mol. The smallest absolute Gasteiger partial charge is 0.135 e. The molecule has 0 amide bonds. The molecule has 1 aliphatic rings. The van der Waals surface area contributed by atoms with Crippen LogP contribution in [0.5, 0.6) is 5.75 Å². The minimum absolute atomic E-state index is 0.0360. The fraction of sp³-hybridized carbons (Fsp3) is 0.440. The molecule has 28 heavy (non-hydrogen) atoms. The van der Waals surface area contributed by atoms with Crippen molar-refractivity contribution in [2.75, 3.05) is 0 Å². The van der Waals surface area contributed by atoms with E-state index in [-0.39, 0.29) is 5.38 Å². The molecular formula is C25H29ClO2. The lowest BCUT2D eigenvalue weighted by atomic mass is 9.85. The van der Waals surface area contributed by atoms with E-state index in [2.05, 4.69) is 26.0 Å². The van der Waals surface area contributed by atoms with Crippen LogP contribution >= 0.6 is 11.6 Å².